The molecule has 1 aliphatic carbocycles. The van der Waals surface area contributed by atoms with Crippen molar-refractivity contribution in [1.29, 1.82) is 0 Å². The third-order valence-electron chi connectivity index (χ3n) is 6.75. The summed E-state index contributed by atoms with van der Waals surface area (Å²) in [5.41, 5.74) is 0.138. The number of nitrogens with zero attached hydrogens (tertiary/aromatic N) is 2. The number of allylic oxidation sites excluding steroid dienone is 3. The first-order valence-electron chi connectivity index (χ1n) is 11.8. The van der Waals surface area contributed by atoms with E-state index < -0.39 is 34.8 Å². The minimum absolute atomic E-state index is 0.124. The van der Waals surface area contributed by atoms with Crippen LogP contribution in [-0.4, -0.2) is 28.4 Å². The number of hydrogen-bond donors (Lipinski definition) is 1. The third kappa shape index (κ3) is 4.95. The summed E-state index contributed by atoms with van der Waals surface area (Å²) in [4.78, 5) is 48.8. The number of benzene rings is 2. The minimum Gasteiger partial charge on any atom is -0.496 e. The Labute approximate surface area is 232 Å². The number of nitrogens with one attached hydrogen (secondary N) is 1. The molecule has 0 radical (unpaired) electrons. The van der Waals surface area contributed by atoms with Gasteiger partial charge in [0, 0.05) is 43.3 Å². The number of hydrogen-bond acceptors (Lipinski definition) is 5. The van der Waals surface area contributed by atoms with Crippen LogP contribution in [-0.2, 0) is 23.6 Å². The fraction of sp³-hybridized carbons (Fsp3) is 0.214. The molecule has 1 aromatic heterocycles. The molecule has 1 N–H and O–H groups in total. The maximum absolute atomic E-state index is 15.0. The van der Waals surface area contributed by atoms with Gasteiger partial charge >= 0.3 is 5.69 Å². The fourth-order valence-electron chi connectivity index (χ4n) is 4.57. The predicted molar refractivity (Wildman–Crippen MR) is 148 cm³/mol. The molecule has 2 unspecified atom stereocenters. The van der Waals surface area contributed by atoms with Crippen LogP contribution >= 0.6 is 23.2 Å². The van der Waals surface area contributed by atoms with E-state index in [4.69, 9.17) is 27.9 Å². The smallest absolute Gasteiger partial charge is 0.330 e. The van der Waals surface area contributed by atoms with Gasteiger partial charge in [0.25, 0.3) is 11.5 Å². The second kappa shape index (κ2) is 11.0. The van der Waals surface area contributed by atoms with Crippen LogP contribution in [0.1, 0.15) is 28.8 Å². The van der Waals surface area contributed by atoms with Crippen LogP contribution < -0.4 is 16.6 Å². The Morgan fingerprint density at radius 2 is 1.72 bits per heavy atom. The van der Waals surface area contributed by atoms with E-state index in [1.807, 2.05) is 0 Å². The molecule has 11 heteroatoms. The zero-order valence-corrected chi connectivity index (χ0v) is 22.9. The molecule has 0 saturated carbocycles. The van der Waals surface area contributed by atoms with Gasteiger partial charge in [0.15, 0.2) is 6.29 Å². The average molecular weight is 572 g/mol. The van der Waals surface area contributed by atoms with Crippen molar-refractivity contribution in [2.45, 2.75) is 12.8 Å². The van der Waals surface area contributed by atoms with E-state index in [1.54, 1.807) is 49.4 Å². The van der Waals surface area contributed by atoms with Gasteiger partial charge in [-0.05, 0) is 17.7 Å². The van der Waals surface area contributed by atoms with Gasteiger partial charge in [-0.15, -0.1) is 0 Å². The van der Waals surface area contributed by atoms with Crippen LogP contribution in [0.3, 0.4) is 0 Å². The molecule has 2 aromatic carbocycles. The van der Waals surface area contributed by atoms with Crippen LogP contribution in [0.25, 0.3) is 11.1 Å². The number of aromatic nitrogens is 2. The molecule has 1 aliphatic rings. The maximum atomic E-state index is 15.0. The van der Waals surface area contributed by atoms with Gasteiger partial charge in [-0.3, -0.25) is 19.0 Å². The van der Waals surface area contributed by atoms with Crippen molar-refractivity contribution >= 4 is 41.1 Å². The Morgan fingerprint density at radius 1 is 1.08 bits per heavy atom. The lowest BCUT2D eigenvalue weighted by molar-refractivity contribution is -0.105. The first-order chi connectivity index (χ1) is 18.5. The molecule has 0 saturated heterocycles. The van der Waals surface area contributed by atoms with Gasteiger partial charge in [0.05, 0.1) is 28.4 Å². The topological polar surface area (TPSA) is 99.4 Å². The highest BCUT2D eigenvalue weighted by atomic mass is 35.5. The molecule has 39 heavy (non-hydrogen) atoms. The highest BCUT2D eigenvalue weighted by Crippen LogP contribution is 2.46. The van der Waals surface area contributed by atoms with Gasteiger partial charge in [0.2, 0.25) is 0 Å². The number of aldehydes is 1. The van der Waals surface area contributed by atoms with Gasteiger partial charge in [-0.1, -0.05) is 60.5 Å². The summed E-state index contributed by atoms with van der Waals surface area (Å²) in [5.74, 6) is -2.42. The summed E-state index contributed by atoms with van der Waals surface area (Å²) in [6.07, 6.45) is 3.25. The average Bonchev–Trinajstić information content (AvgIpc) is 2.92. The van der Waals surface area contributed by atoms with Crippen molar-refractivity contribution in [3.05, 3.63) is 108 Å². The molecule has 0 spiro atoms. The molecule has 0 fully saturated rings. The summed E-state index contributed by atoms with van der Waals surface area (Å²) < 4.78 is 22.2. The van der Waals surface area contributed by atoms with Gasteiger partial charge in [-0.2, -0.15) is 0 Å². The summed E-state index contributed by atoms with van der Waals surface area (Å²) in [7, 11) is 4.07. The van der Waals surface area contributed by atoms with E-state index in [9.17, 15) is 19.2 Å². The first kappa shape index (κ1) is 28.1. The molecule has 0 bridgehead atoms. The SMILES string of the molecule is COC1=CC(c2cccc(-c3cccc(NC(=O)c4cn(C)c(=O)n(C)c4=O)c3Cl)c2Cl)C(C)C(F)=C1C=O. The standard InChI is InChI=1S/C28H24Cl2FN3O5/c1-14-18(11-22(39-4)20(13-35)25(14)31)17-8-5-7-15(23(17)29)16-9-6-10-21(24(16)30)32-26(36)19-12-33(2)28(38)34(3)27(19)37/h5-14,18H,1-4H3,(H,32,36). The van der Waals surface area contributed by atoms with E-state index in [0.29, 0.717) is 28.0 Å². The molecule has 8 nitrogen and oxygen atoms in total. The molecule has 1 amide bonds. The number of halogens is 3. The molecule has 4 rings (SSSR count). The normalized spacial score (nSPS) is 17.1. The maximum Gasteiger partial charge on any atom is 0.330 e. The Hall–Kier alpha value is -3.95. The summed E-state index contributed by atoms with van der Waals surface area (Å²) in [5, 5.41) is 3.09. The predicted octanol–water partition coefficient (Wildman–Crippen LogP) is 5.00. The Bertz CT molecular complexity index is 1690. The van der Waals surface area contributed by atoms with Crippen molar-refractivity contribution in [2.75, 3.05) is 12.4 Å². The largest absolute Gasteiger partial charge is 0.496 e. The van der Waals surface area contributed by atoms with Crippen molar-refractivity contribution in [3.8, 4) is 11.1 Å². The van der Waals surface area contributed by atoms with Crippen molar-refractivity contribution < 1.29 is 18.7 Å². The second-order valence-corrected chi connectivity index (χ2v) is 9.82. The quantitative estimate of drug-likeness (QED) is 0.420. The second-order valence-electron chi connectivity index (χ2n) is 9.06. The van der Waals surface area contributed by atoms with E-state index in [1.165, 1.54) is 21.2 Å². The van der Waals surface area contributed by atoms with Crippen LogP contribution in [0.5, 0.6) is 0 Å². The number of methoxy groups -OCH3 is 1. The third-order valence-corrected chi connectivity index (χ3v) is 7.57. The molecule has 202 valence electrons. The molecular weight excluding hydrogens is 548 g/mol. The van der Waals surface area contributed by atoms with E-state index >= 15 is 4.39 Å². The number of ether oxygens (including phenoxy) is 1. The minimum atomic E-state index is -0.747. The number of anilines is 1. The highest BCUT2D eigenvalue weighted by molar-refractivity contribution is 6.39. The van der Waals surface area contributed by atoms with Gasteiger partial charge in [0.1, 0.15) is 17.1 Å². The molecule has 1 heterocycles. The van der Waals surface area contributed by atoms with Crippen molar-refractivity contribution in [1.82, 2.24) is 9.13 Å². The summed E-state index contributed by atoms with van der Waals surface area (Å²) >= 11 is 13.5. The zero-order chi connectivity index (χ0) is 28.6. The van der Waals surface area contributed by atoms with E-state index in [0.717, 1.165) is 15.3 Å². The van der Waals surface area contributed by atoms with Gasteiger partial charge < -0.3 is 14.6 Å². The lowest BCUT2D eigenvalue weighted by Crippen LogP contribution is -2.40. The van der Waals surface area contributed by atoms with E-state index in [2.05, 4.69) is 5.32 Å². The lowest BCUT2D eigenvalue weighted by atomic mass is 9.80. The Balaban J connectivity index is 1.74. The van der Waals surface area contributed by atoms with Gasteiger partial charge in [-0.25, -0.2) is 9.18 Å². The first-order valence-corrected chi connectivity index (χ1v) is 12.5. The molecule has 3 aromatic rings. The highest BCUT2D eigenvalue weighted by Gasteiger charge is 2.33. The van der Waals surface area contributed by atoms with Crippen LogP contribution in [0, 0.1) is 5.92 Å². The van der Waals surface area contributed by atoms with Crippen LogP contribution in [0.2, 0.25) is 10.0 Å². The molecule has 2 atom stereocenters. The van der Waals surface area contributed by atoms with Crippen LogP contribution in [0.15, 0.2) is 75.4 Å². The molecule has 0 aliphatic heterocycles. The number of carbonyl (C=O) groups excluding carboxylic acids is 2. The zero-order valence-electron chi connectivity index (χ0n) is 21.4. The van der Waals surface area contributed by atoms with Crippen LogP contribution in [0.4, 0.5) is 10.1 Å². The number of carbonyl (C=O) groups is 2. The Kier molecular flexibility index (Phi) is 7.94. The molecular formula is C28H24Cl2FN3O5. The number of rotatable bonds is 6. The Morgan fingerprint density at radius 3 is 2.36 bits per heavy atom. The van der Waals surface area contributed by atoms with Crippen molar-refractivity contribution in [3.63, 3.8) is 0 Å². The number of aryl methyl sites for hydroxylation is 1. The van der Waals surface area contributed by atoms with Crippen molar-refractivity contribution in [2.24, 2.45) is 20.0 Å². The summed E-state index contributed by atoms with van der Waals surface area (Å²) in [6, 6.07) is 10.2. The monoisotopic (exact) mass is 571 g/mol. The summed E-state index contributed by atoms with van der Waals surface area (Å²) in [6.45, 7) is 1.65. The fourth-order valence-corrected chi connectivity index (χ4v) is 5.20. The van der Waals surface area contributed by atoms with E-state index in [-0.39, 0.29) is 27.6 Å². The lowest BCUT2D eigenvalue weighted by Gasteiger charge is -2.28. The number of amides is 1.